The summed E-state index contributed by atoms with van der Waals surface area (Å²) in [5, 5.41) is 11.7. The second-order valence-corrected chi connectivity index (χ2v) is 6.87. The summed E-state index contributed by atoms with van der Waals surface area (Å²) in [5.41, 5.74) is 0. The highest BCUT2D eigenvalue weighted by Gasteiger charge is 2.30. The molecule has 0 aliphatic carbocycles. The van der Waals surface area contributed by atoms with E-state index in [1.165, 1.54) is 4.90 Å². The molecule has 0 saturated carbocycles. The molecule has 1 aliphatic heterocycles. The number of hydrogen-bond acceptors (Lipinski definition) is 4. The van der Waals surface area contributed by atoms with E-state index < -0.39 is 28.1 Å². The van der Waals surface area contributed by atoms with E-state index in [0.29, 0.717) is 19.5 Å². The fourth-order valence-corrected chi connectivity index (χ4v) is 3.25. The molecule has 0 aromatic carbocycles. The van der Waals surface area contributed by atoms with Gasteiger partial charge in [0.1, 0.15) is 6.04 Å². The van der Waals surface area contributed by atoms with E-state index in [4.69, 9.17) is 0 Å². The SMILES string of the molecule is CCNS(=O)(=O)CCNC(=O)N1CCCCCC1C(=O)O. The van der Waals surface area contributed by atoms with Crippen LogP contribution in [0.3, 0.4) is 0 Å². The van der Waals surface area contributed by atoms with E-state index in [0.717, 1.165) is 19.3 Å². The molecule has 9 heteroatoms. The number of nitrogens with zero attached hydrogens (tertiary/aromatic N) is 1. The molecule has 1 fully saturated rings. The molecule has 1 saturated heterocycles. The molecule has 1 heterocycles. The fraction of sp³-hybridized carbons (Fsp3) is 0.833. The van der Waals surface area contributed by atoms with E-state index >= 15 is 0 Å². The normalized spacial score (nSPS) is 19.9. The van der Waals surface area contributed by atoms with Crippen molar-refractivity contribution in [3.8, 4) is 0 Å². The van der Waals surface area contributed by atoms with Crippen molar-refractivity contribution in [2.45, 2.75) is 38.6 Å². The maximum absolute atomic E-state index is 12.0. The first kappa shape index (κ1) is 17.7. The third-order valence-electron chi connectivity index (χ3n) is 3.31. The molecule has 1 atom stereocenters. The molecule has 0 spiro atoms. The van der Waals surface area contributed by atoms with Crippen LogP contribution in [0.4, 0.5) is 4.79 Å². The number of hydrogen-bond donors (Lipinski definition) is 3. The van der Waals surface area contributed by atoms with Crippen molar-refractivity contribution in [3.63, 3.8) is 0 Å². The number of urea groups is 1. The maximum Gasteiger partial charge on any atom is 0.326 e. The lowest BCUT2D eigenvalue weighted by molar-refractivity contribution is -0.142. The van der Waals surface area contributed by atoms with Crippen LogP contribution in [0.2, 0.25) is 0 Å². The van der Waals surface area contributed by atoms with Gasteiger partial charge in [-0.1, -0.05) is 19.8 Å². The van der Waals surface area contributed by atoms with Gasteiger partial charge >= 0.3 is 12.0 Å². The van der Waals surface area contributed by atoms with Gasteiger partial charge in [-0.2, -0.15) is 0 Å². The minimum atomic E-state index is -3.39. The molecule has 0 aromatic rings. The minimum Gasteiger partial charge on any atom is -0.480 e. The second kappa shape index (κ2) is 8.18. The Labute approximate surface area is 124 Å². The number of amides is 2. The quantitative estimate of drug-likeness (QED) is 0.635. The predicted octanol–water partition coefficient (Wildman–Crippen LogP) is -0.0355. The van der Waals surface area contributed by atoms with Crippen LogP contribution in [0, 0.1) is 0 Å². The van der Waals surface area contributed by atoms with E-state index in [1.807, 2.05) is 0 Å². The van der Waals surface area contributed by atoms with Gasteiger partial charge in [0.05, 0.1) is 5.75 Å². The van der Waals surface area contributed by atoms with Crippen molar-refractivity contribution in [1.29, 1.82) is 0 Å². The summed E-state index contributed by atoms with van der Waals surface area (Å²) in [4.78, 5) is 24.5. The lowest BCUT2D eigenvalue weighted by Crippen LogP contribution is -2.50. The largest absolute Gasteiger partial charge is 0.480 e. The zero-order valence-corrected chi connectivity index (χ0v) is 13.0. The molecule has 122 valence electrons. The number of sulfonamides is 1. The van der Waals surface area contributed by atoms with Crippen LogP contribution < -0.4 is 10.0 Å². The summed E-state index contributed by atoms with van der Waals surface area (Å²) in [6, 6.07) is -1.35. The predicted molar refractivity (Wildman–Crippen MR) is 77.5 cm³/mol. The number of likely N-dealkylation sites (tertiary alicyclic amines) is 1. The van der Waals surface area contributed by atoms with E-state index in [-0.39, 0.29) is 12.3 Å². The highest BCUT2D eigenvalue weighted by Crippen LogP contribution is 2.17. The highest BCUT2D eigenvalue weighted by atomic mass is 32.2. The van der Waals surface area contributed by atoms with Gasteiger partial charge in [-0.3, -0.25) is 0 Å². The first-order chi connectivity index (χ1) is 9.87. The number of carbonyl (C=O) groups excluding carboxylic acids is 1. The number of carboxylic acid groups (broad SMARTS) is 1. The summed E-state index contributed by atoms with van der Waals surface area (Å²) in [6.07, 6.45) is 2.85. The Morgan fingerprint density at radius 1 is 1.29 bits per heavy atom. The van der Waals surface area contributed by atoms with Gasteiger partial charge < -0.3 is 15.3 Å². The molecule has 0 radical (unpaired) electrons. The van der Waals surface area contributed by atoms with Crippen LogP contribution in [0.15, 0.2) is 0 Å². The number of carboxylic acids is 1. The van der Waals surface area contributed by atoms with Crippen LogP contribution in [0.1, 0.15) is 32.6 Å². The van der Waals surface area contributed by atoms with Crippen LogP contribution in [-0.4, -0.2) is 61.9 Å². The summed E-state index contributed by atoms with van der Waals surface area (Å²) in [7, 11) is -3.39. The Bertz CT molecular complexity index is 466. The zero-order chi connectivity index (χ0) is 15.9. The Balaban J connectivity index is 2.54. The number of rotatable bonds is 6. The maximum atomic E-state index is 12.0. The molecule has 1 rings (SSSR count). The van der Waals surface area contributed by atoms with E-state index in [9.17, 15) is 23.1 Å². The number of nitrogens with one attached hydrogen (secondary N) is 2. The monoisotopic (exact) mass is 321 g/mol. The van der Waals surface area contributed by atoms with Crippen LogP contribution in [0.25, 0.3) is 0 Å². The van der Waals surface area contributed by atoms with Gasteiger partial charge in [0.2, 0.25) is 10.0 Å². The molecule has 0 aromatic heterocycles. The lowest BCUT2D eigenvalue weighted by Gasteiger charge is -2.27. The molecule has 1 unspecified atom stereocenters. The molecule has 3 N–H and O–H groups in total. The van der Waals surface area contributed by atoms with Gasteiger partial charge in [-0.15, -0.1) is 0 Å². The minimum absolute atomic E-state index is 0.0446. The average molecular weight is 321 g/mol. The Hall–Kier alpha value is -1.35. The van der Waals surface area contributed by atoms with Crippen molar-refractivity contribution >= 4 is 22.0 Å². The van der Waals surface area contributed by atoms with E-state index in [1.54, 1.807) is 6.92 Å². The third kappa shape index (κ3) is 5.88. The van der Waals surface area contributed by atoms with Crippen molar-refractivity contribution in [2.24, 2.45) is 0 Å². The zero-order valence-electron chi connectivity index (χ0n) is 12.2. The molecule has 1 aliphatic rings. The van der Waals surface area contributed by atoms with Gasteiger partial charge in [-0.05, 0) is 12.8 Å². The highest BCUT2D eigenvalue weighted by molar-refractivity contribution is 7.89. The van der Waals surface area contributed by atoms with E-state index in [2.05, 4.69) is 10.0 Å². The van der Waals surface area contributed by atoms with Crippen molar-refractivity contribution in [2.75, 3.05) is 25.4 Å². The Morgan fingerprint density at radius 3 is 2.62 bits per heavy atom. The molecular weight excluding hydrogens is 298 g/mol. The molecule has 0 bridgehead atoms. The van der Waals surface area contributed by atoms with Gasteiger partial charge in [0.25, 0.3) is 0 Å². The first-order valence-electron chi connectivity index (χ1n) is 7.12. The average Bonchev–Trinajstić information content (AvgIpc) is 2.63. The molecule has 2 amide bonds. The van der Waals surface area contributed by atoms with Crippen molar-refractivity contribution < 1.29 is 23.1 Å². The standard InChI is InChI=1S/C12H23N3O5S/c1-2-14-21(19,20)9-7-13-12(18)15-8-5-3-4-6-10(15)11(16)17/h10,14H,2-9H2,1H3,(H,13,18)(H,16,17). The summed E-state index contributed by atoms with van der Waals surface area (Å²) in [5.74, 6) is -1.25. The number of carbonyl (C=O) groups is 2. The second-order valence-electron chi connectivity index (χ2n) is 4.95. The molecule has 21 heavy (non-hydrogen) atoms. The van der Waals surface area contributed by atoms with Gasteiger partial charge in [0, 0.05) is 19.6 Å². The summed E-state index contributed by atoms with van der Waals surface area (Å²) in [6.45, 7) is 2.30. The lowest BCUT2D eigenvalue weighted by atomic mass is 10.1. The number of aliphatic carboxylic acids is 1. The van der Waals surface area contributed by atoms with Crippen LogP contribution in [-0.2, 0) is 14.8 Å². The third-order valence-corrected chi connectivity index (χ3v) is 4.78. The van der Waals surface area contributed by atoms with Crippen molar-refractivity contribution in [1.82, 2.24) is 14.9 Å². The topological polar surface area (TPSA) is 116 Å². The molecular formula is C12H23N3O5S. The summed E-state index contributed by atoms with van der Waals surface area (Å²) >= 11 is 0. The molecule has 8 nitrogen and oxygen atoms in total. The smallest absolute Gasteiger partial charge is 0.326 e. The van der Waals surface area contributed by atoms with Gasteiger partial charge in [0.15, 0.2) is 0 Å². The fourth-order valence-electron chi connectivity index (χ4n) is 2.29. The van der Waals surface area contributed by atoms with Crippen LogP contribution >= 0.6 is 0 Å². The first-order valence-corrected chi connectivity index (χ1v) is 8.77. The van der Waals surface area contributed by atoms with Gasteiger partial charge in [-0.25, -0.2) is 22.7 Å². The Kier molecular flexibility index (Phi) is 6.90. The van der Waals surface area contributed by atoms with Crippen LogP contribution in [0.5, 0.6) is 0 Å². The van der Waals surface area contributed by atoms with Crippen molar-refractivity contribution in [3.05, 3.63) is 0 Å². The Morgan fingerprint density at radius 2 is 2.00 bits per heavy atom. The summed E-state index contributed by atoms with van der Waals surface area (Å²) < 4.78 is 25.2.